The van der Waals surface area contributed by atoms with Gasteiger partial charge in [0.1, 0.15) is 5.92 Å². The zero-order valence-corrected chi connectivity index (χ0v) is 6.88. The van der Waals surface area contributed by atoms with Crippen LogP contribution in [-0.4, -0.2) is 11.0 Å². The second kappa shape index (κ2) is 4.12. The van der Waals surface area contributed by atoms with Gasteiger partial charge in [-0.15, -0.1) is 0 Å². The van der Waals surface area contributed by atoms with Crippen molar-refractivity contribution in [3.05, 3.63) is 35.9 Å². The van der Waals surface area contributed by atoms with E-state index in [4.69, 9.17) is 16.2 Å². The molecular weight excluding hydrogens is 166 g/mol. The van der Waals surface area contributed by atoms with Crippen molar-refractivity contribution in [1.29, 1.82) is 5.26 Å². The molecule has 0 saturated heterocycles. The van der Waals surface area contributed by atoms with E-state index in [1.54, 1.807) is 24.3 Å². The lowest BCUT2D eigenvalue weighted by molar-refractivity contribution is 0.316. The maximum Gasteiger partial charge on any atom is 0.161 e. The molecule has 0 radical (unpaired) electrons. The Labute approximate surface area is 75.9 Å². The van der Waals surface area contributed by atoms with Crippen LogP contribution in [0, 0.1) is 11.3 Å². The van der Waals surface area contributed by atoms with E-state index in [-0.39, 0.29) is 5.84 Å². The monoisotopic (exact) mass is 175 g/mol. The van der Waals surface area contributed by atoms with Crippen molar-refractivity contribution in [1.82, 2.24) is 0 Å². The van der Waals surface area contributed by atoms with Gasteiger partial charge in [0.2, 0.25) is 0 Å². The summed E-state index contributed by atoms with van der Waals surface area (Å²) in [5, 5.41) is 20.0. The maximum absolute atomic E-state index is 8.76. The van der Waals surface area contributed by atoms with E-state index in [0.717, 1.165) is 5.56 Å². The zero-order valence-electron chi connectivity index (χ0n) is 6.88. The Morgan fingerprint density at radius 3 is 2.54 bits per heavy atom. The Morgan fingerprint density at radius 1 is 1.46 bits per heavy atom. The molecule has 1 aromatic rings. The molecule has 4 nitrogen and oxygen atoms in total. The number of hydrogen-bond acceptors (Lipinski definition) is 3. The van der Waals surface area contributed by atoms with E-state index in [1.165, 1.54) is 0 Å². The highest BCUT2D eigenvalue weighted by Crippen LogP contribution is 2.13. The van der Waals surface area contributed by atoms with E-state index in [9.17, 15) is 0 Å². The van der Waals surface area contributed by atoms with Crippen LogP contribution in [0.1, 0.15) is 11.5 Å². The molecule has 0 spiro atoms. The number of benzene rings is 1. The maximum atomic E-state index is 8.76. The Morgan fingerprint density at radius 2 is 2.08 bits per heavy atom. The van der Waals surface area contributed by atoms with Crippen LogP contribution in [0.25, 0.3) is 0 Å². The topological polar surface area (TPSA) is 82.4 Å². The van der Waals surface area contributed by atoms with Gasteiger partial charge in [0.05, 0.1) is 6.07 Å². The Balaban J connectivity index is 3.00. The molecule has 1 rings (SSSR count). The lowest BCUT2D eigenvalue weighted by Crippen LogP contribution is -2.20. The highest BCUT2D eigenvalue weighted by atomic mass is 16.4. The summed E-state index contributed by atoms with van der Waals surface area (Å²) in [6.07, 6.45) is 0. The van der Waals surface area contributed by atoms with Gasteiger partial charge < -0.3 is 10.9 Å². The first-order valence-corrected chi connectivity index (χ1v) is 3.71. The molecule has 1 atom stereocenters. The molecule has 0 heterocycles. The van der Waals surface area contributed by atoms with Gasteiger partial charge in [0, 0.05) is 0 Å². The Bertz CT molecular complexity index is 340. The third-order valence-corrected chi connectivity index (χ3v) is 1.67. The molecule has 1 aromatic carbocycles. The van der Waals surface area contributed by atoms with E-state index in [2.05, 4.69) is 5.16 Å². The molecule has 66 valence electrons. The van der Waals surface area contributed by atoms with Gasteiger partial charge in [-0.3, -0.25) is 0 Å². The fraction of sp³-hybridized carbons (Fsp3) is 0.111. The number of amidine groups is 1. The van der Waals surface area contributed by atoms with Crippen LogP contribution in [0.5, 0.6) is 0 Å². The molecule has 0 aliphatic carbocycles. The first-order valence-electron chi connectivity index (χ1n) is 3.71. The van der Waals surface area contributed by atoms with E-state index < -0.39 is 5.92 Å². The smallest absolute Gasteiger partial charge is 0.161 e. The summed E-state index contributed by atoms with van der Waals surface area (Å²) in [6.45, 7) is 0. The molecule has 1 unspecified atom stereocenters. The summed E-state index contributed by atoms with van der Waals surface area (Å²) in [5.41, 5.74) is 6.06. The van der Waals surface area contributed by atoms with Gasteiger partial charge in [-0.2, -0.15) is 5.26 Å². The lowest BCUT2D eigenvalue weighted by atomic mass is 10.00. The van der Waals surface area contributed by atoms with Crippen LogP contribution in [0.4, 0.5) is 0 Å². The summed E-state index contributed by atoms with van der Waals surface area (Å²) in [6, 6.07) is 10.9. The number of nitrogens with two attached hydrogens (primary N) is 1. The summed E-state index contributed by atoms with van der Waals surface area (Å²) in [7, 11) is 0. The number of hydrogen-bond donors (Lipinski definition) is 2. The predicted octanol–water partition coefficient (Wildman–Crippen LogP) is 1.04. The minimum absolute atomic E-state index is 0.0892. The summed E-state index contributed by atoms with van der Waals surface area (Å²) >= 11 is 0. The molecule has 0 saturated carbocycles. The minimum atomic E-state index is -0.675. The summed E-state index contributed by atoms with van der Waals surface area (Å²) in [5.74, 6) is -0.764. The minimum Gasteiger partial charge on any atom is -0.409 e. The Hall–Kier alpha value is -2.02. The van der Waals surface area contributed by atoms with E-state index >= 15 is 0 Å². The zero-order chi connectivity index (χ0) is 9.68. The number of rotatable bonds is 2. The van der Waals surface area contributed by atoms with Crippen molar-refractivity contribution in [3.63, 3.8) is 0 Å². The normalized spacial score (nSPS) is 13.3. The fourth-order valence-electron chi connectivity index (χ4n) is 1.01. The molecule has 0 aliphatic rings. The van der Waals surface area contributed by atoms with Gasteiger partial charge in [0.25, 0.3) is 0 Å². The van der Waals surface area contributed by atoms with Crippen molar-refractivity contribution < 1.29 is 5.21 Å². The van der Waals surface area contributed by atoms with Crippen LogP contribution < -0.4 is 5.73 Å². The molecule has 0 aliphatic heterocycles. The Kier molecular flexibility index (Phi) is 2.87. The lowest BCUT2D eigenvalue weighted by Gasteiger charge is -2.05. The molecule has 3 N–H and O–H groups in total. The molecular formula is C9H9N3O. The SMILES string of the molecule is N#CC(C(N)=NO)c1ccccc1. The van der Waals surface area contributed by atoms with Crippen LogP contribution >= 0.6 is 0 Å². The molecule has 0 bridgehead atoms. The van der Waals surface area contributed by atoms with Crippen LogP contribution in [-0.2, 0) is 0 Å². The van der Waals surface area contributed by atoms with Gasteiger partial charge in [-0.1, -0.05) is 35.5 Å². The molecule has 0 aromatic heterocycles. The first kappa shape index (κ1) is 9.07. The average molecular weight is 175 g/mol. The largest absolute Gasteiger partial charge is 0.409 e. The van der Waals surface area contributed by atoms with Crippen molar-refractivity contribution in [2.75, 3.05) is 0 Å². The molecule has 4 heteroatoms. The molecule has 0 fully saturated rings. The third-order valence-electron chi connectivity index (χ3n) is 1.67. The van der Waals surface area contributed by atoms with Crippen molar-refractivity contribution >= 4 is 5.84 Å². The number of nitrogens with zero attached hydrogens (tertiary/aromatic N) is 2. The highest BCUT2D eigenvalue weighted by molar-refractivity contribution is 5.89. The van der Waals surface area contributed by atoms with Crippen molar-refractivity contribution in [2.24, 2.45) is 10.9 Å². The molecule has 0 amide bonds. The third kappa shape index (κ3) is 1.97. The van der Waals surface area contributed by atoms with Crippen LogP contribution in [0.2, 0.25) is 0 Å². The second-order valence-corrected chi connectivity index (χ2v) is 2.50. The van der Waals surface area contributed by atoms with E-state index in [0.29, 0.717) is 0 Å². The average Bonchev–Trinajstić information content (AvgIpc) is 2.20. The summed E-state index contributed by atoms with van der Waals surface area (Å²) < 4.78 is 0. The standard InChI is InChI=1S/C9H9N3O/c10-6-8(9(11)12-13)7-4-2-1-3-5-7/h1-5,8,13H,(H2,11,12). The van der Waals surface area contributed by atoms with E-state index in [1.807, 2.05) is 12.1 Å². The van der Waals surface area contributed by atoms with Gasteiger partial charge >= 0.3 is 0 Å². The van der Waals surface area contributed by atoms with Gasteiger partial charge in [-0.25, -0.2) is 0 Å². The fourth-order valence-corrected chi connectivity index (χ4v) is 1.01. The van der Waals surface area contributed by atoms with Crippen LogP contribution in [0.15, 0.2) is 35.5 Å². The highest BCUT2D eigenvalue weighted by Gasteiger charge is 2.14. The summed E-state index contributed by atoms with van der Waals surface area (Å²) in [4.78, 5) is 0. The predicted molar refractivity (Wildman–Crippen MR) is 48.2 cm³/mol. The van der Waals surface area contributed by atoms with Crippen LogP contribution in [0.3, 0.4) is 0 Å². The van der Waals surface area contributed by atoms with Crippen molar-refractivity contribution in [2.45, 2.75) is 5.92 Å². The van der Waals surface area contributed by atoms with Gasteiger partial charge in [0.15, 0.2) is 5.84 Å². The second-order valence-electron chi connectivity index (χ2n) is 2.50. The quantitative estimate of drug-likeness (QED) is 0.305. The van der Waals surface area contributed by atoms with Crippen molar-refractivity contribution in [3.8, 4) is 6.07 Å². The first-order chi connectivity index (χ1) is 6.29. The number of nitriles is 1. The number of oxime groups is 1. The van der Waals surface area contributed by atoms with Gasteiger partial charge in [-0.05, 0) is 5.56 Å². The molecule has 13 heavy (non-hydrogen) atoms.